The van der Waals surface area contributed by atoms with E-state index < -0.39 is 0 Å². The van der Waals surface area contributed by atoms with Gasteiger partial charge in [-0.2, -0.15) is 5.10 Å². The Bertz CT molecular complexity index is 1460. The second-order valence-corrected chi connectivity index (χ2v) is 10.2. The number of carbonyl (C=O) groups is 2. The van der Waals surface area contributed by atoms with Gasteiger partial charge in [0.25, 0.3) is 11.8 Å². The fraction of sp³-hybridized carbons (Fsp3) is 0.241. The third kappa shape index (κ3) is 5.55. The molecule has 0 aliphatic carbocycles. The average Bonchev–Trinajstić information content (AvgIpc) is 3.31. The zero-order valence-electron chi connectivity index (χ0n) is 21.5. The Balaban J connectivity index is 1.20. The number of aryl methyl sites for hydroxylation is 1. The third-order valence-electron chi connectivity index (χ3n) is 6.51. The summed E-state index contributed by atoms with van der Waals surface area (Å²) in [4.78, 5) is 32.0. The minimum absolute atomic E-state index is 0.0915. The van der Waals surface area contributed by atoms with Crippen LogP contribution in [-0.4, -0.2) is 50.6 Å². The van der Waals surface area contributed by atoms with Crippen molar-refractivity contribution in [1.82, 2.24) is 19.7 Å². The van der Waals surface area contributed by atoms with Crippen LogP contribution in [0.5, 0.6) is 0 Å². The number of nitrogens with one attached hydrogen (secondary N) is 2. The number of rotatable bonds is 7. The monoisotopic (exact) mass is 528 g/mol. The number of carbonyl (C=O) groups excluding carboxylic acids is 2. The predicted molar refractivity (Wildman–Crippen MR) is 150 cm³/mol. The van der Waals surface area contributed by atoms with E-state index in [9.17, 15) is 9.59 Å². The first kappa shape index (κ1) is 25.5. The van der Waals surface area contributed by atoms with Gasteiger partial charge in [-0.15, -0.1) is 0 Å². The van der Waals surface area contributed by atoms with E-state index in [4.69, 9.17) is 11.6 Å². The number of hydrogen-bond donors (Lipinski definition) is 2. The van der Waals surface area contributed by atoms with Crippen molar-refractivity contribution in [2.75, 3.05) is 23.7 Å². The Morgan fingerprint density at radius 2 is 1.71 bits per heavy atom. The van der Waals surface area contributed by atoms with E-state index in [-0.39, 0.29) is 23.8 Å². The summed E-state index contributed by atoms with van der Waals surface area (Å²) >= 11 is 6.33. The Morgan fingerprint density at radius 1 is 0.974 bits per heavy atom. The molecule has 8 nitrogen and oxygen atoms in total. The van der Waals surface area contributed by atoms with Gasteiger partial charge in [-0.25, -0.2) is 4.98 Å². The van der Waals surface area contributed by atoms with E-state index in [1.807, 2.05) is 33.3 Å². The van der Waals surface area contributed by atoms with Crippen molar-refractivity contribution in [3.05, 3.63) is 94.9 Å². The van der Waals surface area contributed by atoms with Crippen LogP contribution in [0.4, 0.5) is 11.5 Å². The highest BCUT2D eigenvalue weighted by atomic mass is 35.5. The summed E-state index contributed by atoms with van der Waals surface area (Å²) < 4.78 is 1.78. The SMILES string of the molecule is CC(C)Nc1ccc(C(=O)Nc2cc(C(=O)N3CC(c4ccc(-c5cnn(C)c5)cc4)C3)ccc2Cl)cn1. The summed E-state index contributed by atoms with van der Waals surface area (Å²) in [6, 6.07) is 17.0. The lowest BCUT2D eigenvalue weighted by Crippen LogP contribution is -2.48. The van der Waals surface area contributed by atoms with Crippen molar-refractivity contribution in [2.24, 2.45) is 7.05 Å². The smallest absolute Gasteiger partial charge is 0.257 e. The Hall–Kier alpha value is -4.17. The molecule has 0 radical (unpaired) electrons. The highest BCUT2D eigenvalue weighted by Gasteiger charge is 2.32. The van der Waals surface area contributed by atoms with E-state index in [0.717, 1.165) is 11.1 Å². The average molecular weight is 529 g/mol. The zero-order chi connectivity index (χ0) is 26.8. The Morgan fingerprint density at radius 3 is 2.34 bits per heavy atom. The number of aromatic nitrogens is 3. The summed E-state index contributed by atoms with van der Waals surface area (Å²) in [7, 11) is 1.90. The molecular formula is C29H29ClN6O2. The Kier molecular flexibility index (Phi) is 7.15. The van der Waals surface area contributed by atoms with Gasteiger partial charge in [-0.3, -0.25) is 14.3 Å². The lowest BCUT2D eigenvalue weighted by molar-refractivity contribution is 0.0602. The van der Waals surface area contributed by atoms with Crippen molar-refractivity contribution >= 4 is 34.9 Å². The number of benzene rings is 2. The van der Waals surface area contributed by atoms with E-state index in [2.05, 4.69) is 45.0 Å². The second-order valence-electron chi connectivity index (χ2n) is 9.81. The lowest BCUT2D eigenvalue weighted by atomic mass is 9.90. The fourth-order valence-corrected chi connectivity index (χ4v) is 4.58. The van der Waals surface area contributed by atoms with Crippen LogP contribution < -0.4 is 10.6 Å². The van der Waals surface area contributed by atoms with Crippen LogP contribution in [0.3, 0.4) is 0 Å². The van der Waals surface area contributed by atoms with E-state index in [0.29, 0.717) is 40.7 Å². The molecule has 5 rings (SSSR count). The van der Waals surface area contributed by atoms with Crippen LogP contribution >= 0.6 is 11.6 Å². The van der Waals surface area contributed by atoms with E-state index >= 15 is 0 Å². The van der Waals surface area contributed by atoms with Gasteiger partial charge in [-0.05, 0) is 55.3 Å². The number of hydrogen-bond acceptors (Lipinski definition) is 5. The molecule has 1 saturated heterocycles. The van der Waals surface area contributed by atoms with Crippen LogP contribution in [0.25, 0.3) is 11.1 Å². The zero-order valence-corrected chi connectivity index (χ0v) is 22.2. The molecule has 0 saturated carbocycles. The summed E-state index contributed by atoms with van der Waals surface area (Å²) in [5.74, 6) is 0.540. The number of amides is 2. The molecule has 2 N–H and O–H groups in total. The van der Waals surface area contributed by atoms with Gasteiger partial charge in [0.15, 0.2) is 0 Å². The summed E-state index contributed by atoms with van der Waals surface area (Å²) in [6.45, 7) is 5.30. The minimum atomic E-state index is -0.348. The largest absolute Gasteiger partial charge is 0.368 e. The molecule has 4 aromatic rings. The quantitative estimate of drug-likeness (QED) is 0.333. The molecule has 38 heavy (non-hydrogen) atoms. The third-order valence-corrected chi connectivity index (χ3v) is 6.84. The molecule has 1 aliphatic rings. The number of likely N-dealkylation sites (tertiary alicyclic amines) is 1. The lowest BCUT2D eigenvalue weighted by Gasteiger charge is -2.39. The van der Waals surface area contributed by atoms with Crippen LogP contribution in [-0.2, 0) is 7.05 Å². The fourth-order valence-electron chi connectivity index (χ4n) is 4.41. The Labute approximate surface area is 226 Å². The molecule has 3 heterocycles. The van der Waals surface area contributed by atoms with Gasteiger partial charge in [0.05, 0.1) is 22.5 Å². The summed E-state index contributed by atoms with van der Waals surface area (Å²) in [5, 5.41) is 10.6. The highest BCUT2D eigenvalue weighted by molar-refractivity contribution is 6.34. The molecule has 1 aliphatic heterocycles. The summed E-state index contributed by atoms with van der Waals surface area (Å²) in [5.41, 5.74) is 4.65. The predicted octanol–water partition coefficient (Wildman–Crippen LogP) is 5.45. The van der Waals surface area contributed by atoms with Gasteiger partial charge in [0, 0.05) is 55.6 Å². The highest BCUT2D eigenvalue weighted by Crippen LogP contribution is 2.31. The molecule has 0 bridgehead atoms. The first-order valence-electron chi connectivity index (χ1n) is 12.5. The first-order valence-corrected chi connectivity index (χ1v) is 12.9. The molecule has 0 spiro atoms. The minimum Gasteiger partial charge on any atom is -0.368 e. The number of anilines is 2. The topological polar surface area (TPSA) is 92.2 Å². The molecule has 2 aromatic heterocycles. The van der Waals surface area contributed by atoms with Crippen molar-refractivity contribution in [3.8, 4) is 11.1 Å². The molecule has 1 fully saturated rings. The van der Waals surface area contributed by atoms with Gasteiger partial charge in [-0.1, -0.05) is 35.9 Å². The van der Waals surface area contributed by atoms with Gasteiger partial charge in [0.1, 0.15) is 5.82 Å². The van der Waals surface area contributed by atoms with Crippen molar-refractivity contribution in [1.29, 1.82) is 0 Å². The molecule has 0 atom stereocenters. The van der Waals surface area contributed by atoms with Crippen LogP contribution in [0.2, 0.25) is 5.02 Å². The molecule has 194 valence electrons. The van der Waals surface area contributed by atoms with Gasteiger partial charge in [0.2, 0.25) is 0 Å². The van der Waals surface area contributed by atoms with Crippen LogP contribution in [0, 0.1) is 0 Å². The van der Waals surface area contributed by atoms with Gasteiger partial charge < -0.3 is 15.5 Å². The maximum Gasteiger partial charge on any atom is 0.257 e. The van der Waals surface area contributed by atoms with Crippen LogP contribution in [0.15, 0.2) is 73.2 Å². The molecular weight excluding hydrogens is 500 g/mol. The second kappa shape index (κ2) is 10.7. The molecule has 9 heteroatoms. The van der Waals surface area contributed by atoms with Crippen molar-refractivity contribution in [2.45, 2.75) is 25.8 Å². The van der Waals surface area contributed by atoms with Crippen LogP contribution in [0.1, 0.15) is 46.0 Å². The van der Waals surface area contributed by atoms with E-state index in [1.54, 1.807) is 39.9 Å². The number of halogens is 1. The normalized spacial score (nSPS) is 13.3. The molecule has 0 unspecified atom stereocenters. The van der Waals surface area contributed by atoms with Crippen molar-refractivity contribution in [3.63, 3.8) is 0 Å². The number of pyridine rings is 1. The standard InChI is InChI=1S/C29H29ClN6O2/c1-18(2)33-27-11-9-22(13-31-27)28(37)34-26-12-21(8-10-25(26)30)29(38)36-16-24(17-36)20-6-4-19(5-7-20)23-14-32-35(3)15-23/h4-15,18,24H,16-17H2,1-3H3,(H,31,33)(H,34,37). The first-order chi connectivity index (χ1) is 18.3. The van der Waals surface area contributed by atoms with E-state index in [1.165, 1.54) is 11.8 Å². The maximum absolute atomic E-state index is 13.1. The van der Waals surface area contributed by atoms with Gasteiger partial charge >= 0.3 is 0 Å². The molecule has 2 aromatic carbocycles. The maximum atomic E-state index is 13.1. The summed E-state index contributed by atoms with van der Waals surface area (Å²) in [6.07, 6.45) is 5.34. The number of nitrogens with zero attached hydrogens (tertiary/aromatic N) is 4. The molecule has 2 amide bonds. The van der Waals surface area contributed by atoms with Crippen molar-refractivity contribution < 1.29 is 9.59 Å².